The Kier molecular flexibility index (Phi) is 7.54. The molecule has 0 aromatic heterocycles. The Morgan fingerprint density at radius 2 is 1.62 bits per heavy atom. The number of likely N-dealkylation sites (N-methyl/N-ethyl adjacent to an activating group) is 1. The van der Waals surface area contributed by atoms with E-state index in [2.05, 4.69) is 16.0 Å². The molecule has 94 valence electrons. The predicted molar refractivity (Wildman–Crippen MR) is 64.0 cm³/mol. The van der Waals surface area contributed by atoms with Crippen molar-refractivity contribution in [3.63, 3.8) is 0 Å². The van der Waals surface area contributed by atoms with Crippen LogP contribution < -0.4 is 16.0 Å². The van der Waals surface area contributed by atoms with Gasteiger partial charge in [-0.1, -0.05) is 13.8 Å². The Morgan fingerprint density at radius 1 is 1.06 bits per heavy atom. The van der Waals surface area contributed by atoms with Gasteiger partial charge >= 0.3 is 0 Å². The Bertz CT molecular complexity index is 229. The van der Waals surface area contributed by atoms with Gasteiger partial charge in [-0.2, -0.15) is 0 Å². The Hall–Kier alpha value is -1.10. The first-order chi connectivity index (χ1) is 7.47. The van der Waals surface area contributed by atoms with E-state index in [1.165, 1.54) is 0 Å². The largest absolute Gasteiger partial charge is 0.355 e. The van der Waals surface area contributed by atoms with E-state index in [1.54, 1.807) is 0 Å². The fourth-order valence-electron chi connectivity index (χ4n) is 1.02. The lowest BCUT2D eigenvalue weighted by Gasteiger charge is -2.17. The van der Waals surface area contributed by atoms with E-state index in [0.717, 1.165) is 0 Å². The molecule has 5 nitrogen and oxygen atoms in total. The highest BCUT2D eigenvalue weighted by Gasteiger charge is 2.10. The van der Waals surface area contributed by atoms with Crippen LogP contribution in [0.2, 0.25) is 0 Å². The van der Waals surface area contributed by atoms with Gasteiger partial charge in [0, 0.05) is 12.6 Å². The van der Waals surface area contributed by atoms with E-state index in [9.17, 15) is 9.59 Å². The Morgan fingerprint density at radius 3 is 2.12 bits per heavy atom. The van der Waals surface area contributed by atoms with Crippen LogP contribution in [0.1, 0.15) is 27.7 Å². The molecule has 3 N–H and O–H groups in total. The predicted octanol–water partition coefficient (Wildman–Crippen LogP) is -0.127. The van der Waals surface area contributed by atoms with Gasteiger partial charge in [0.15, 0.2) is 0 Å². The first kappa shape index (κ1) is 14.9. The van der Waals surface area contributed by atoms with Gasteiger partial charge in [-0.25, -0.2) is 0 Å². The molecule has 0 heterocycles. The second-order valence-corrected chi connectivity index (χ2v) is 4.16. The minimum atomic E-state index is -0.0905. The van der Waals surface area contributed by atoms with Crippen LogP contribution in [0.3, 0.4) is 0 Å². The summed E-state index contributed by atoms with van der Waals surface area (Å²) in [7, 11) is 0. The third-order valence-electron chi connectivity index (χ3n) is 2.33. The summed E-state index contributed by atoms with van der Waals surface area (Å²) in [4.78, 5) is 22.4. The monoisotopic (exact) mass is 229 g/mol. The van der Waals surface area contributed by atoms with E-state index in [4.69, 9.17) is 0 Å². The van der Waals surface area contributed by atoms with Crippen LogP contribution in [-0.4, -0.2) is 37.5 Å². The van der Waals surface area contributed by atoms with Gasteiger partial charge in [-0.05, 0) is 19.8 Å². The molecule has 5 heteroatoms. The quantitative estimate of drug-likeness (QED) is 0.569. The maximum absolute atomic E-state index is 11.4. The highest BCUT2D eigenvalue weighted by Crippen LogP contribution is 1.98. The van der Waals surface area contributed by atoms with Gasteiger partial charge in [0.2, 0.25) is 11.8 Å². The maximum atomic E-state index is 11.4. The summed E-state index contributed by atoms with van der Waals surface area (Å²) in [5.74, 6) is 0.241. The summed E-state index contributed by atoms with van der Waals surface area (Å²) in [6.07, 6.45) is 0. The van der Waals surface area contributed by atoms with Crippen molar-refractivity contribution < 1.29 is 9.59 Å². The number of hydrogen-bond acceptors (Lipinski definition) is 3. The van der Waals surface area contributed by atoms with Crippen molar-refractivity contribution in [1.29, 1.82) is 0 Å². The number of amides is 2. The van der Waals surface area contributed by atoms with Crippen molar-refractivity contribution >= 4 is 11.8 Å². The molecule has 0 fully saturated rings. The Labute approximate surface area is 97.4 Å². The molecular formula is C11H23N3O2. The minimum Gasteiger partial charge on any atom is -0.355 e. The molecule has 0 aliphatic rings. The van der Waals surface area contributed by atoms with Gasteiger partial charge in [0.25, 0.3) is 0 Å². The van der Waals surface area contributed by atoms with Gasteiger partial charge in [0.1, 0.15) is 0 Å². The normalized spacial score (nSPS) is 12.3. The van der Waals surface area contributed by atoms with Gasteiger partial charge in [-0.3, -0.25) is 14.9 Å². The summed E-state index contributed by atoms with van der Waals surface area (Å²) in [5, 5.41) is 8.29. The molecule has 2 amide bonds. The van der Waals surface area contributed by atoms with E-state index < -0.39 is 0 Å². The first-order valence-corrected chi connectivity index (χ1v) is 5.74. The molecule has 1 atom stereocenters. The van der Waals surface area contributed by atoms with Crippen molar-refractivity contribution in [2.45, 2.75) is 33.7 Å². The first-order valence-electron chi connectivity index (χ1n) is 5.74. The molecule has 0 aromatic carbocycles. The third-order valence-corrected chi connectivity index (χ3v) is 2.33. The maximum Gasteiger partial charge on any atom is 0.234 e. The Balaban J connectivity index is 3.62. The number of carbonyl (C=O) groups excluding carboxylic acids is 2. The summed E-state index contributed by atoms with van der Waals surface area (Å²) in [6.45, 7) is 8.88. The van der Waals surface area contributed by atoms with Crippen molar-refractivity contribution in [3.05, 3.63) is 0 Å². The van der Waals surface area contributed by atoms with Gasteiger partial charge in [0.05, 0.1) is 13.1 Å². The zero-order valence-electron chi connectivity index (χ0n) is 10.6. The van der Waals surface area contributed by atoms with Crippen molar-refractivity contribution in [3.8, 4) is 0 Å². The van der Waals surface area contributed by atoms with Crippen molar-refractivity contribution in [2.24, 2.45) is 5.92 Å². The second kappa shape index (κ2) is 8.10. The molecule has 0 radical (unpaired) electrons. The molecule has 0 aliphatic heterocycles. The molecule has 0 saturated carbocycles. The molecule has 16 heavy (non-hydrogen) atoms. The van der Waals surface area contributed by atoms with Crippen LogP contribution in [0.4, 0.5) is 0 Å². The number of carbonyl (C=O) groups is 2. The SMILES string of the molecule is CCNC(=O)CNCC(=O)NC(C)C(C)C. The van der Waals surface area contributed by atoms with E-state index >= 15 is 0 Å². The summed E-state index contributed by atoms with van der Waals surface area (Å²) < 4.78 is 0. The molecular weight excluding hydrogens is 206 g/mol. The average molecular weight is 229 g/mol. The molecule has 0 saturated heterocycles. The standard InChI is InChI=1S/C11H23N3O2/c1-5-13-10(15)6-12-7-11(16)14-9(4)8(2)3/h8-9,12H,5-7H2,1-4H3,(H,13,15)(H,14,16). The zero-order valence-corrected chi connectivity index (χ0v) is 10.6. The second-order valence-electron chi connectivity index (χ2n) is 4.16. The van der Waals surface area contributed by atoms with E-state index in [-0.39, 0.29) is 30.9 Å². The lowest BCUT2D eigenvalue weighted by atomic mass is 10.1. The molecule has 0 aromatic rings. The highest BCUT2D eigenvalue weighted by molar-refractivity contribution is 5.81. The van der Waals surface area contributed by atoms with Crippen LogP contribution >= 0.6 is 0 Å². The molecule has 0 spiro atoms. The third kappa shape index (κ3) is 7.23. The molecule has 0 rings (SSSR count). The van der Waals surface area contributed by atoms with Gasteiger partial charge in [-0.15, -0.1) is 0 Å². The topological polar surface area (TPSA) is 70.2 Å². The fraction of sp³-hybridized carbons (Fsp3) is 0.818. The number of nitrogens with one attached hydrogen (secondary N) is 3. The van der Waals surface area contributed by atoms with Crippen molar-refractivity contribution in [2.75, 3.05) is 19.6 Å². The molecule has 1 unspecified atom stereocenters. The summed E-state index contributed by atoms with van der Waals surface area (Å²) in [5.41, 5.74) is 0. The zero-order chi connectivity index (χ0) is 12.6. The molecule has 0 bridgehead atoms. The smallest absolute Gasteiger partial charge is 0.234 e. The average Bonchev–Trinajstić information content (AvgIpc) is 2.17. The van der Waals surface area contributed by atoms with Crippen LogP contribution in [0.25, 0.3) is 0 Å². The lowest BCUT2D eigenvalue weighted by Crippen LogP contribution is -2.43. The molecule has 0 aliphatic carbocycles. The van der Waals surface area contributed by atoms with Crippen molar-refractivity contribution in [1.82, 2.24) is 16.0 Å². The minimum absolute atomic E-state index is 0.0782. The fourth-order valence-corrected chi connectivity index (χ4v) is 1.02. The van der Waals surface area contributed by atoms with Crippen LogP contribution in [0.5, 0.6) is 0 Å². The summed E-state index contributed by atoms with van der Waals surface area (Å²) in [6, 6.07) is 0.152. The highest BCUT2D eigenvalue weighted by atomic mass is 16.2. The van der Waals surface area contributed by atoms with Crippen LogP contribution in [0.15, 0.2) is 0 Å². The van der Waals surface area contributed by atoms with Crippen LogP contribution in [0, 0.1) is 5.92 Å². The van der Waals surface area contributed by atoms with E-state index in [0.29, 0.717) is 12.5 Å². The summed E-state index contributed by atoms with van der Waals surface area (Å²) >= 11 is 0. The van der Waals surface area contributed by atoms with E-state index in [1.807, 2.05) is 27.7 Å². The van der Waals surface area contributed by atoms with Gasteiger partial charge < -0.3 is 10.6 Å². The lowest BCUT2D eigenvalue weighted by molar-refractivity contribution is -0.121. The number of rotatable bonds is 7. The van der Waals surface area contributed by atoms with Crippen LogP contribution in [-0.2, 0) is 9.59 Å². The number of hydrogen-bond donors (Lipinski definition) is 3.